The van der Waals surface area contributed by atoms with Crippen molar-refractivity contribution in [2.75, 3.05) is 6.54 Å². The standard InChI is InChI=1S/C20H19N3O2S/c1-14-16-10-12-26-18(16)9-11-22(14)20(25)17-7-8-19(24)23(21-17)13-15-5-3-2-4-6-15/h2-8,10,12,14H,9,11,13H2,1H3. The Labute approximate surface area is 155 Å². The largest absolute Gasteiger partial charge is 0.330 e. The van der Waals surface area contributed by atoms with E-state index in [1.807, 2.05) is 42.2 Å². The minimum Gasteiger partial charge on any atom is -0.330 e. The fourth-order valence-corrected chi connectivity index (χ4v) is 4.33. The lowest BCUT2D eigenvalue weighted by Gasteiger charge is -2.33. The predicted octanol–water partition coefficient (Wildman–Crippen LogP) is 3.11. The first kappa shape index (κ1) is 16.7. The molecule has 1 aromatic carbocycles. The van der Waals surface area contributed by atoms with Gasteiger partial charge in [-0.2, -0.15) is 5.10 Å². The zero-order valence-corrected chi connectivity index (χ0v) is 15.3. The van der Waals surface area contributed by atoms with E-state index in [0.717, 1.165) is 12.0 Å². The first-order chi connectivity index (χ1) is 12.6. The molecule has 1 aliphatic rings. The van der Waals surface area contributed by atoms with Crippen molar-refractivity contribution in [3.8, 4) is 0 Å². The van der Waals surface area contributed by atoms with Crippen LogP contribution in [0.25, 0.3) is 0 Å². The van der Waals surface area contributed by atoms with Gasteiger partial charge in [-0.3, -0.25) is 9.59 Å². The third-order valence-corrected chi connectivity index (χ3v) is 5.80. The fraction of sp³-hybridized carbons (Fsp3) is 0.250. The molecule has 132 valence electrons. The van der Waals surface area contributed by atoms with Crippen LogP contribution in [-0.2, 0) is 13.0 Å². The number of nitrogens with zero attached hydrogens (tertiary/aromatic N) is 3. The van der Waals surface area contributed by atoms with Gasteiger partial charge in [0.1, 0.15) is 5.69 Å². The van der Waals surface area contributed by atoms with Crippen molar-refractivity contribution in [2.24, 2.45) is 0 Å². The first-order valence-electron chi connectivity index (χ1n) is 8.63. The minimum absolute atomic E-state index is 0.0220. The first-order valence-corrected chi connectivity index (χ1v) is 9.51. The zero-order chi connectivity index (χ0) is 18.1. The SMILES string of the molecule is CC1c2ccsc2CCN1C(=O)c1ccc(=O)n(Cc2ccccc2)n1. The number of carbonyl (C=O) groups is 1. The van der Waals surface area contributed by atoms with E-state index in [9.17, 15) is 9.59 Å². The maximum absolute atomic E-state index is 13.0. The average molecular weight is 365 g/mol. The van der Waals surface area contributed by atoms with Crippen LogP contribution in [0.5, 0.6) is 0 Å². The van der Waals surface area contributed by atoms with Gasteiger partial charge in [-0.25, -0.2) is 4.68 Å². The number of fused-ring (bicyclic) bond motifs is 1. The van der Waals surface area contributed by atoms with E-state index in [0.29, 0.717) is 18.8 Å². The van der Waals surface area contributed by atoms with Crippen LogP contribution >= 0.6 is 11.3 Å². The summed E-state index contributed by atoms with van der Waals surface area (Å²) in [6.07, 6.45) is 0.868. The van der Waals surface area contributed by atoms with Crippen molar-refractivity contribution in [3.05, 3.63) is 86.0 Å². The Morgan fingerprint density at radius 3 is 2.81 bits per heavy atom. The second kappa shape index (κ2) is 6.88. The van der Waals surface area contributed by atoms with Gasteiger partial charge in [0.05, 0.1) is 12.6 Å². The Morgan fingerprint density at radius 1 is 1.19 bits per heavy atom. The third kappa shape index (κ3) is 3.08. The third-order valence-electron chi connectivity index (χ3n) is 4.80. The summed E-state index contributed by atoms with van der Waals surface area (Å²) in [4.78, 5) is 28.3. The highest BCUT2D eigenvalue weighted by Gasteiger charge is 2.29. The minimum atomic E-state index is -0.211. The summed E-state index contributed by atoms with van der Waals surface area (Å²) >= 11 is 1.75. The van der Waals surface area contributed by atoms with Crippen molar-refractivity contribution in [2.45, 2.75) is 25.9 Å². The molecule has 1 amide bonds. The zero-order valence-electron chi connectivity index (χ0n) is 14.5. The second-order valence-corrected chi connectivity index (χ2v) is 7.42. The Hall–Kier alpha value is -2.73. The van der Waals surface area contributed by atoms with E-state index in [1.165, 1.54) is 27.3 Å². The summed E-state index contributed by atoms with van der Waals surface area (Å²) < 4.78 is 1.35. The maximum Gasteiger partial charge on any atom is 0.274 e. The molecule has 3 aromatic rings. The molecule has 5 nitrogen and oxygen atoms in total. The van der Waals surface area contributed by atoms with E-state index in [2.05, 4.69) is 16.5 Å². The highest BCUT2D eigenvalue weighted by Crippen LogP contribution is 2.33. The summed E-state index contributed by atoms with van der Waals surface area (Å²) in [5.41, 5.74) is 2.29. The monoisotopic (exact) mass is 365 g/mol. The van der Waals surface area contributed by atoms with Crippen LogP contribution < -0.4 is 5.56 Å². The van der Waals surface area contributed by atoms with E-state index in [-0.39, 0.29) is 17.5 Å². The summed E-state index contributed by atoms with van der Waals surface area (Å²) in [5, 5.41) is 6.41. The van der Waals surface area contributed by atoms with Gasteiger partial charge >= 0.3 is 0 Å². The van der Waals surface area contributed by atoms with Gasteiger partial charge in [0, 0.05) is 17.5 Å². The number of benzene rings is 1. The molecular formula is C20H19N3O2S. The van der Waals surface area contributed by atoms with Gasteiger partial charge in [-0.15, -0.1) is 11.3 Å². The number of carbonyl (C=O) groups excluding carboxylic acids is 1. The molecule has 2 aromatic heterocycles. The summed E-state index contributed by atoms with van der Waals surface area (Å²) in [7, 11) is 0. The van der Waals surface area contributed by atoms with Crippen LogP contribution in [0.1, 0.15) is 39.5 Å². The number of aromatic nitrogens is 2. The van der Waals surface area contributed by atoms with Crippen LogP contribution in [0, 0.1) is 0 Å². The molecule has 0 saturated heterocycles. The molecule has 1 aliphatic heterocycles. The fourth-order valence-electron chi connectivity index (χ4n) is 3.37. The lowest BCUT2D eigenvalue weighted by atomic mass is 10.0. The predicted molar refractivity (Wildman–Crippen MR) is 102 cm³/mol. The van der Waals surface area contributed by atoms with Crippen molar-refractivity contribution >= 4 is 17.2 Å². The molecule has 0 radical (unpaired) electrons. The highest BCUT2D eigenvalue weighted by atomic mass is 32.1. The second-order valence-electron chi connectivity index (χ2n) is 6.42. The Kier molecular flexibility index (Phi) is 4.42. The van der Waals surface area contributed by atoms with Crippen molar-refractivity contribution in [1.29, 1.82) is 0 Å². The molecule has 0 spiro atoms. The average Bonchev–Trinajstić information content (AvgIpc) is 3.14. The van der Waals surface area contributed by atoms with Gasteiger partial charge < -0.3 is 4.90 Å². The molecule has 3 heterocycles. The number of rotatable bonds is 3. The van der Waals surface area contributed by atoms with Crippen molar-refractivity contribution in [3.63, 3.8) is 0 Å². The van der Waals surface area contributed by atoms with Gasteiger partial charge in [-0.05, 0) is 42.0 Å². The summed E-state index contributed by atoms with van der Waals surface area (Å²) in [5.74, 6) is -0.129. The number of amides is 1. The normalized spacial score (nSPS) is 16.3. The topological polar surface area (TPSA) is 55.2 Å². The smallest absolute Gasteiger partial charge is 0.274 e. The van der Waals surface area contributed by atoms with Gasteiger partial charge in [0.15, 0.2) is 0 Å². The Bertz CT molecular complexity index is 994. The van der Waals surface area contributed by atoms with Crippen LogP contribution in [0.3, 0.4) is 0 Å². The molecule has 0 saturated carbocycles. The highest BCUT2D eigenvalue weighted by molar-refractivity contribution is 7.10. The molecule has 0 aliphatic carbocycles. The summed E-state index contributed by atoms with van der Waals surface area (Å²) in [6, 6.07) is 14.7. The number of hydrogen-bond acceptors (Lipinski definition) is 4. The van der Waals surface area contributed by atoms with E-state index >= 15 is 0 Å². The molecule has 0 bridgehead atoms. The van der Waals surface area contributed by atoms with Crippen LogP contribution in [0.2, 0.25) is 0 Å². The number of hydrogen-bond donors (Lipinski definition) is 0. The molecule has 0 N–H and O–H groups in total. The van der Waals surface area contributed by atoms with Gasteiger partial charge in [0.25, 0.3) is 11.5 Å². The Morgan fingerprint density at radius 2 is 2.00 bits per heavy atom. The van der Waals surface area contributed by atoms with Crippen molar-refractivity contribution < 1.29 is 4.79 Å². The Balaban J connectivity index is 1.61. The quantitative estimate of drug-likeness (QED) is 0.717. The van der Waals surface area contributed by atoms with Crippen molar-refractivity contribution in [1.82, 2.24) is 14.7 Å². The molecular weight excluding hydrogens is 346 g/mol. The van der Waals surface area contributed by atoms with E-state index in [1.54, 1.807) is 11.3 Å². The number of thiophene rings is 1. The molecule has 0 fully saturated rings. The molecule has 1 atom stereocenters. The summed E-state index contributed by atoms with van der Waals surface area (Å²) in [6.45, 7) is 3.07. The van der Waals surface area contributed by atoms with Crippen LogP contribution in [0.4, 0.5) is 0 Å². The van der Waals surface area contributed by atoms with E-state index in [4.69, 9.17) is 0 Å². The lowest BCUT2D eigenvalue weighted by Crippen LogP contribution is -2.39. The maximum atomic E-state index is 13.0. The molecule has 1 unspecified atom stereocenters. The molecule has 26 heavy (non-hydrogen) atoms. The molecule has 4 rings (SSSR count). The van der Waals surface area contributed by atoms with Crippen LogP contribution in [-0.4, -0.2) is 27.1 Å². The van der Waals surface area contributed by atoms with Gasteiger partial charge in [0.2, 0.25) is 0 Å². The molecule has 6 heteroatoms. The van der Waals surface area contributed by atoms with Crippen LogP contribution in [0.15, 0.2) is 58.7 Å². The van der Waals surface area contributed by atoms with E-state index < -0.39 is 0 Å². The van der Waals surface area contributed by atoms with Gasteiger partial charge in [-0.1, -0.05) is 30.3 Å². The lowest BCUT2D eigenvalue weighted by molar-refractivity contribution is 0.0670.